The minimum atomic E-state index is -3.98. The van der Waals surface area contributed by atoms with Crippen LogP contribution >= 0.6 is 0 Å². The number of H-pyrrole nitrogens is 1. The topological polar surface area (TPSA) is 101 Å². The Hall–Kier alpha value is -1.06. The van der Waals surface area contributed by atoms with E-state index in [4.69, 9.17) is 5.73 Å². The molecule has 0 radical (unpaired) electrons. The smallest absolute Gasteiger partial charge is 0.257 e. The highest BCUT2D eigenvalue weighted by Crippen LogP contribution is 2.10. The van der Waals surface area contributed by atoms with Crippen molar-refractivity contribution in [2.24, 2.45) is 5.73 Å². The zero-order valence-electron chi connectivity index (χ0n) is 7.57. The molecule has 0 fully saturated rings. The number of aromatic nitrogens is 2. The summed E-state index contributed by atoms with van der Waals surface area (Å²) in [7, 11) is -3.98. The lowest BCUT2D eigenvalue weighted by molar-refractivity contribution is 0.153. The van der Waals surface area contributed by atoms with Crippen molar-refractivity contribution in [1.29, 1.82) is 0 Å². The van der Waals surface area contributed by atoms with Crippen LogP contribution in [0.4, 0.5) is 8.78 Å². The van der Waals surface area contributed by atoms with Crippen LogP contribution in [0, 0.1) is 0 Å². The van der Waals surface area contributed by atoms with Gasteiger partial charge in [-0.05, 0) is 0 Å². The van der Waals surface area contributed by atoms with E-state index < -0.39 is 23.0 Å². The molecule has 0 amide bonds. The van der Waals surface area contributed by atoms with E-state index in [9.17, 15) is 17.2 Å². The van der Waals surface area contributed by atoms with Crippen LogP contribution < -0.4 is 10.5 Å². The van der Waals surface area contributed by atoms with Gasteiger partial charge in [0.05, 0.1) is 12.7 Å². The average Bonchev–Trinajstić information content (AvgIpc) is 2.63. The Balaban J connectivity index is 2.86. The standard InChI is InChI=1S/C6H10F2N4O2S/c7-5(8)3-11-15(13,14)6-4(1-9)2-10-12-6/h2,5,11H,1,3,9H2,(H,10,12). The zero-order valence-corrected chi connectivity index (χ0v) is 8.39. The van der Waals surface area contributed by atoms with Gasteiger partial charge in [0.15, 0.2) is 5.03 Å². The van der Waals surface area contributed by atoms with Gasteiger partial charge >= 0.3 is 0 Å². The van der Waals surface area contributed by atoms with Crippen molar-refractivity contribution < 1.29 is 17.2 Å². The molecule has 1 heterocycles. The summed E-state index contributed by atoms with van der Waals surface area (Å²) in [5.41, 5.74) is 5.49. The number of rotatable bonds is 5. The first-order valence-electron chi connectivity index (χ1n) is 3.97. The number of hydrogen-bond donors (Lipinski definition) is 3. The zero-order chi connectivity index (χ0) is 11.5. The number of hydrogen-bond acceptors (Lipinski definition) is 4. The third-order valence-corrected chi connectivity index (χ3v) is 3.03. The van der Waals surface area contributed by atoms with E-state index in [2.05, 4.69) is 10.2 Å². The third-order valence-electron chi connectivity index (χ3n) is 1.59. The summed E-state index contributed by atoms with van der Waals surface area (Å²) in [6, 6.07) is 0. The maximum Gasteiger partial charge on any atom is 0.257 e. The fourth-order valence-corrected chi connectivity index (χ4v) is 2.07. The Labute approximate surface area is 84.9 Å². The number of alkyl halides is 2. The van der Waals surface area contributed by atoms with Crippen molar-refractivity contribution in [1.82, 2.24) is 14.9 Å². The molecule has 15 heavy (non-hydrogen) atoms. The van der Waals surface area contributed by atoms with Crippen LogP contribution in [0.25, 0.3) is 0 Å². The fourth-order valence-electron chi connectivity index (χ4n) is 0.922. The third kappa shape index (κ3) is 2.94. The summed E-state index contributed by atoms with van der Waals surface area (Å²) in [6.45, 7) is -0.979. The second-order valence-corrected chi connectivity index (χ2v) is 4.38. The van der Waals surface area contributed by atoms with Gasteiger partial charge in [0.25, 0.3) is 16.4 Å². The molecule has 1 aromatic heterocycles. The molecule has 0 spiro atoms. The normalized spacial score (nSPS) is 12.3. The molecule has 1 rings (SSSR count). The van der Waals surface area contributed by atoms with Crippen LogP contribution in [0.5, 0.6) is 0 Å². The summed E-state index contributed by atoms with van der Waals surface area (Å²) < 4.78 is 48.2. The van der Waals surface area contributed by atoms with E-state index in [1.165, 1.54) is 6.20 Å². The van der Waals surface area contributed by atoms with Gasteiger partial charge in [0, 0.05) is 12.1 Å². The largest absolute Gasteiger partial charge is 0.326 e. The molecule has 0 bridgehead atoms. The molecule has 0 aromatic carbocycles. The molecular weight excluding hydrogens is 230 g/mol. The highest BCUT2D eigenvalue weighted by atomic mass is 32.2. The molecule has 0 saturated heterocycles. The number of nitrogens with zero attached hydrogens (tertiary/aromatic N) is 1. The Bertz CT molecular complexity index is 417. The molecule has 1 aromatic rings. The highest BCUT2D eigenvalue weighted by molar-refractivity contribution is 7.89. The first-order chi connectivity index (χ1) is 6.97. The number of nitrogens with two attached hydrogens (primary N) is 1. The van der Waals surface area contributed by atoms with Crippen molar-refractivity contribution in [3.63, 3.8) is 0 Å². The Kier molecular flexibility index (Phi) is 3.72. The van der Waals surface area contributed by atoms with Crippen LogP contribution in [0.3, 0.4) is 0 Å². The molecule has 6 nitrogen and oxygen atoms in total. The van der Waals surface area contributed by atoms with Gasteiger partial charge < -0.3 is 5.73 Å². The fraction of sp³-hybridized carbons (Fsp3) is 0.500. The van der Waals surface area contributed by atoms with Crippen molar-refractivity contribution in [2.75, 3.05) is 6.54 Å². The molecule has 0 atom stereocenters. The van der Waals surface area contributed by atoms with E-state index in [1.807, 2.05) is 0 Å². The molecule has 0 aliphatic heterocycles. The molecule has 9 heteroatoms. The lowest BCUT2D eigenvalue weighted by Gasteiger charge is -2.05. The number of aromatic amines is 1. The van der Waals surface area contributed by atoms with Crippen molar-refractivity contribution in [2.45, 2.75) is 18.0 Å². The van der Waals surface area contributed by atoms with Crippen molar-refractivity contribution >= 4 is 10.0 Å². The van der Waals surface area contributed by atoms with Gasteiger partial charge in [0.1, 0.15) is 0 Å². The summed E-state index contributed by atoms with van der Waals surface area (Å²) >= 11 is 0. The predicted molar refractivity (Wildman–Crippen MR) is 47.7 cm³/mol. The summed E-state index contributed by atoms with van der Waals surface area (Å²) in [5.74, 6) is 0. The minimum Gasteiger partial charge on any atom is -0.326 e. The van der Waals surface area contributed by atoms with Crippen molar-refractivity contribution in [3.05, 3.63) is 11.8 Å². The van der Waals surface area contributed by atoms with Gasteiger partial charge in [-0.15, -0.1) is 0 Å². The number of halogens is 2. The van der Waals surface area contributed by atoms with Crippen LogP contribution in [0.2, 0.25) is 0 Å². The first kappa shape index (κ1) is 12.0. The van der Waals surface area contributed by atoms with E-state index >= 15 is 0 Å². The minimum absolute atomic E-state index is 0.0403. The van der Waals surface area contributed by atoms with E-state index in [1.54, 1.807) is 4.72 Å². The second kappa shape index (κ2) is 4.64. The van der Waals surface area contributed by atoms with E-state index in [0.29, 0.717) is 0 Å². The molecule has 0 unspecified atom stereocenters. The maximum absolute atomic E-state index is 11.8. The molecular formula is C6H10F2N4O2S. The van der Waals surface area contributed by atoms with Crippen LogP contribution in [-0.4, -0.2) is 31.6 Å². The van der Waals surface area contributed by atoms with Crippen molar-refractivity contribution in [3.8, 4) is 0 Å². The Morgan fingerprint density at radius 3 is 2.80 bits per heavy atom. The van der Waals surface area contributed by atoms with Crippen LogP contribution in [0.15, 0.2) is 11.2 Å². The Morgan fingerprint density at radius 2 is 2.27 bits per heavy atom. The van der Waals surface area contributed by atoms with Gasteiger partial charge in [-0.3, -0.25) is 5.10 Å². The average molecular weight is 240 g/mol. The SMILES string of the molecule is NCc1cn[nH]c1S(=O)(=O)NCC(F)F. The summed E-state index contributed by atoms with van der Waals surface area (Å²) in [6.07, 6.45) is -1.51. The second-order valence-electron chi connectivity index (χ2n) is 2.67. The quantitative estimate of drug-likeness (QED) is 0.640. The summed E-state index contributed by atoms with van der Waals surface area (Å²) in [4.78, 5) is 0. The van der Waals surface area contributed by atoms with E-state index in [0.717, 1.165) is 0 Å². The lowest BCUT2D eigenvalue weighted by Crippen LogP contribution is -2.29. The molecule has 86 valence electrons. The van der Waals surface area contributed by atoms with Gasteiger partial charge in [-0.25, -0.2) is 21.9 Å². The summed E-state index contributed by atoms with van der Waals surface area (Å²) in [5, 5.41) is 5.40. The predicted octanol–water partition coefficient (Wildman–Crippen LogP) is -0.588. The van der Waals surface area contributed by atoms with Gasteiger partial charge in [-0.2, -0.15) is 5.10 Å². The van der Waals surface area contributed by atoms with Gasteiger partial charge in [0.2, 0.25) is 0 Å². The molecule has 0 aliphatic rings. The molecule has 0 aliphatic carbocycles. The first-order valence-corrected chi connectivity index (χ1v) is 5.46. The van der Waals surface area contributed by atoms with E-state index in [-0.39, 0.29) is 17.1 Å². The maximum atomic E-state index is 11.8. The number of nitrogens with one attached hydrogen (secondary N) is 2. The molecule has 4 N–H and O–H groups in total. The molecule has 0 saturated carbocycles. The van der Waals surface area contributed by atoms with Crippen LogP contribution in [-0.2, 0) is 16.6 Å². The monoisotopic (exact) mass is 240 g/mol. The highest BCUT2D eigenvalue weighted by Gasteiger charge is 2.21. The van der Waals surface area contributed by atoms with Gasteiger partial charge in [-0.1, -0.05) is 0 Å². The van der Waals surface area contributed by atoms with Crippen LogP contribution in [0.1, 0.15) is 5.56 Å². The lowest BCUT2D eigenvalue weighted by atomic mass is 10.4. The Morgan fingerprint density at radius 1 is 1.60 bits per heavy atom. The number of sulfonamides is 1.